The maximum atomic E-state index is 9.47. The maximum absolute atomic E-state index is 9.47. The van der Waals surface area contributed by atoms with Crippen LogP contribution in [0.5, 0.6) is 23.0 Å². The minimum atomic E-state index is -0.889. The normalized spacial score (nSPS) is 11.0. The predicted molar refractivity (Wildman–Crippen MR) is 185 cm³/mol. The Balaban J connectivity index is 0.000000265. The summed E-state index contributed by atoms with van der Waals surface area (Å²) in [6.45, 7) is 8.49. The lowest BCUT2D eigenvalue weighted by Gasteiger charge is -2.29. The molecule has 0 unspecified atom stereocenters. The number of aromatic hydroxyl groups is 3. The van der Waals surface area contributed by atoms with Gasteiger partial charge >= 0.3 is 4.70 Å². The third-order valence-corrected chi connectivity index (χ3v) is 9.69. The van der Waals surface area contributed by atoms with Gasteiger partial charge < -0.3 is 19.1 Å². The number of hydrogen-bond donors (Lipinski definition) is 3. The molecule has 0 saturated heterocycles. The quantitative estimate of drug-likeness (QED) is 0.137. The molecule has 5 nitrogen and oxygen atoms in total. The molecule has 0 spiro atoms. The lowest BCUT2D eigenvalue weighted by Crippen LogP contribution is -2.20. The molecular formula is C31H28Br4Cl2O5. The number of phenolic OH excluding ortho intramolecular Hbond substituents is 3. The Bertz CT molecular complexity index is 1440. The second kappa shape index (κ2) is 15.8. The molecule has 0 aliphatic carbocycles. The molecule has 0 heterocycles. The summed E-state index contributed by atoms with van der Waals surface area (Å²) >= 11 is 22.6. The minimum Gasteiger partial charge on any atom is -0.508 e. The predicted octanol–water partition coefficient (Wildman–Crippen LogP) is 11.7. The van der Waals surface area contributed by atoms with Gasteiger partial charge in [-0.15, -0.1) is 0 Å². The Hall–Kier alpha value is -1.75. The molecule has 0 radical (unpaired) electrons. The molecule has 4 aromatic carbocycles. The minimum absolute atomic E-state index is 0.151. The van der Waals surface area contributed by atoms with E-state index in [9.17, 15) is 15.3 Å². The zero-order chi connectivity index (χ0) is 31.8. The van der Waals surface area contributed by atoms with Crippen LogP contribution in [0.3, 0.4) is 0 Å². The van der Waals surface area contributed by atoms with Gasteiger partial charge in [0, 0.05) is 19.8 Å². The van der Waals surface area contributed by atoms with Crippen molar-refractivity contribution in [3.63, 3.8) is 0 Å². The smallest absolute Gasteiger partial charge is 0.313 e. The summed E-state index contributed by atoms with van der Waals surface area (Å²) in [4.78, 5) is 8.98. The summed E-state index contributed by atoms with van der Waals surface area (Å²) in [6.07, 6.45) is 0. The van der Waals surface area contributed by atoms with Crippen LogP contribution in [0.25, 0.3) is 0 Å². The van der Waals surface area contributed by atoms with Gasteiger partial charge in [0.25, 0.3) is 0 Å². The molecule has 0 aromatic heterocycles. The van der Waals surface area contributed by atoms with Crippen molar-refractivity contribution in [2.24, 2.45) is 0 Å². The van der Waals surface area contributed by atoms with Gasteiger partial charge in [0.1, 0.15) is 17.2 Å². The van der Waals surface area contributed by atoms with Crippen molar-refractivity contribution in [3.05, 3.63) is 115 Å². The number of rotatable bonds is 5. The van der Waals surface area contributed by atoms with E-state index in [0.717, 1.165) is 35.7 Å². The first-order valence-corrected chi connectivity index (χ1v) is 16.0. The van der Waals surface area contributed by atoms with Crippen molar-refractivity contribution >= 4 is 92.0 Å². The van der Waals surface area contributed by atoms with E-state index in [-0.39, 0.29) is 28.1 Å². The van der Waals surface area contributed by atoms with Crippen LogP contribution in [0.4, 0.5) is 4.79 Å². The first kappa shape index (κ1) is 36.4. The Morgan fingerprint density at radius 1 is 0.643 bits per heavy atom. The highest BCUT2D eigenvalue weighted by Crippen LogP contribution is 2.47. The molecule has 42 heavy (non-hydrogen) atoms. The van der Waals surface area contributed by atoms with Gasteiger partial charge in [-0.2, -0.15) is 0 Å². The van der Waals surface area contributed by atoms with E-state index >= 15 is 0 Å². The van der Waals surface area contributed by atoms with Crippen LogP contribution in [0.2, 0.25) is 0 Å². The zero-order valence-electron chi connectivity index (χ0n) is 22.9. The van der Waals surface area contributed by atoms with Gasteiger partial charge in [-0.1, -0.05) is 80.0 Å². The Morgan fingerprint density at radius 3 is 1.26 bits per heavy atom. The van der Waals surface area contributed by atoms with Crippen molar-refractivity contribution in [2.75, 3.05) is 0 Å². The molecular weight excluding hydrogens is 843 g/mol. The number of carbonyl (C=O) groups is 1. The summed E-state index contributed by atoms with van der Waals surface area (Å²) in [5.41, 5.74) is 4.02. The van der Waals surface area contributed by atoms with Gasteiger partial charge in [0.2, 0.25) is 0 Å². The molecule has 0 atom stereocenters. The van der Waals surface area contributed by atoms with Crippen LogP contribution >= 0.6 is 87.3 Å². The second-order valence-electron chi connectivity index (χ2n) is 10.1. The largest absolute Gasteiger partial charge is 0.508 e. The SMILES string of the molecule is CC(C)(c1ccc(O)cc1)c1c(Br)cc(OBr)c(Br)c1Br.CC(C)(c1ccc(O)cc1)c1ccc(O)cc1.O=C(Cl)Cl. The molecule has 11 heteroatoms. The van der Waals surface area contributed by atoms with E-state index in [0.29, 0.717) is 5.75 Å². The third kappa shape index (κ3) is 9.63. The lowest BCUT2D eigenvalue weighted by atomic mass is 9.78. The van der Waals surface area contributed by atoms with Crippen molar-refractivity contribution in [3.8, 4) is 23.0 Å². The molecule has 3 N–H and O–H groups in total. The number of carbonyl (C=O) groups excluding carboxylic acids is 1. The van der Waals surface area contributed by atoms with Crippen LogP contribution in [0.15, 0.2) is 92.3 Å². The number of benzene rings is 4. The van der Waals surface area contributed by atoms with E-state index in [1.165, 1.54) is 0 Å². The van der Waals surface area contributed by atoms with Crippen molar-refractivity contribution in [2.45, 2.75) is 38.5 Å². The Labute approximate surface area is 289 Å². The van der Waals surface area contributed by atoms with Crippen LogP contribution in [-0.2, 0) is 10.8 Å². The van der Waals surface area contributed by atoms with E-state index in [1.807, 2.05) is 42.5 Å². The van der Waals surface area contributed by atoms with Gasteiger partial charge in [-0.25, -0.2) is 0 Å². The topological polar surface area (TPSA) is 87.0 Å². The average Bonchev–Trinajstić information content (AvgIpc) is 2.91. The van der Waals surface area contributed by atoms with Crippen LogP contribution in [0.1, 0.15) is 49.9 Å². The molecule has 0 amide bonds. The average molecular weight is 871 g/mol. The van der Waals surface area contributed by atoms with E-state index in [2.05, 4.69) is 115 Å². The number of phenols is 3. The third-order valence-electron chi connectivity index (χ3n) is 6.60. The van der Waals surface area contributed by atoms with Gasteiger partial charge in [0.15, 0.2) is 22.0 Å². The maximum Gasteiger partial charge on any atom is 0.313 e. The first-order valence-electron chi connectivity index (χ1n) is 12.2. The van der Waals surface area contributed by atoms with E-state index in [1.54, 1.807) is 36.4 Å². The fraction of sp³-hybridized carbons (Fsp3) is 0.194. The fourth-order valence-corrected chi connectivity index (χ4v) is 7.09. The lowest BCUT2D eigenvalue weighted by molar-refractivity contribution is 0.275. The van der Waals surface area contributed by atoms with Crippen LogP contribution in [0, 0.1) is 0 Å². The zero-order valence-corrected chi connectivity index (χ0v) is 30.8. The van der Waals surface area contributed by atoms with Crippen molar-refractivity contribution < 1.29 is 23.9 Å². The Kier molecular flexibility index (Phi) is 13.7. The molecule has 0 aliphatic heterocycles. The number of halogens is 6. The Morgan fingerprint density at radius 2 is 0.952 bits per heavy atom. The fourth-order valence-electron chi connectivity index (χ4n) is 4.15. The van der Waals surface area contributed by atoms with Crippen LogP contribution < -0.4 is 3.83 Å². The molecule has 0 fully saturated rings. The van der Waals surface area contributed by atoms with Crippen LogP contribution in [-0.4, -0.2) is 20.0 Å². The first-order chi connectivity index (χ1) is 19.5. The number of hydrogen-bond acceptors (Lipinski definition) is 5. The monoisotopic (exact) mass is 866 g/mol. The van der Waals surface area contributed by atoms with E-state index < -0.39 is 4.70 Å². The molecule has 0 aliphatic rings. The molecule has 4 aromatic rings. The highest BCUT2D eigenvalue weighted by Gasteiger charge is 2.30. The molecule has 0 saturated carbocycles. The summed E-state index contributed by atoms with van der Waals surface area (Å²) in [6, 6.07) is 23.6. The van der Waals surface area contributed by atoms with E-state index in [4.69, 9.17) is 8.62 Å². The summed E-state index contributed by atoms with van der Waals surface area (Å²) in [5, 5.41) is 28.1. The molecule has 224 valence electrons. The summed E-state index contributed by atoms with van der Waals surface area (Å²) in [7, 11) is 0. The highest BCUT2D eigenvalue weighted by molar-refractivity contribution is 9.13. The highest BCUT2D eigenvalue weighted by atomic mass is 79.9. The van der Waals surface area contributed by atoms with Crippen molar-refractivity contribution in [1.82, 2.24) is 0 Å². The van der Waals surface area contributed by atoms with Crippen molar-refractivity contribution in [1.29, 1.82) is 0 Å². The van der Waals surface area contributed by atoms with Gasteiger partial charge in [-0.3, -0.25) is 4.79 Å². The van der Waals surface area contributed by atoms with Gasteiger partial charge in [-0.05, 0) is 120 Å². The standard InChI is InChI=1S/C15H12Br4O2.C15H16O2.CCl2O/c1-15(2,8-3-5-9(20)6-4-8)12-10(16)7-11(21-19)13(17)14(12)18;1-15(2,11-3-7-13(16)8-4-11)12-5-9-14(17)10-6-12;2-1(3)4/h3-7,20H,1-2H3;3-10,16-17H,1-2H3;. The molecule has 0 bridgehead atoms. The summed E-state index contributed by atoms with van der Waals surface area (Å²) in [5.74, 6) is 1.49. The molecule has 4 rings (SSSR count). The summed E-state index contributed by atoms with van der Waals surface area (Å²) < 4.78 is 6.97. The second-order valence-corrected chi connectivity index (χ2v) is 13.7. The van der Waals surface area contributed by atoms with Gasteiger partial charge in [0.05, 0.1) is 4.47 Å².